The normalized spacial score (nSPS) is 11.0. The molecule has 0 bridgehead atoms. The highest BCUT2D eigenvalue weighted by Crippen LogP contribution is 2.21. The Kier molecular flexibility index (Phi) is 4.51. The number of nitriles is 1. The van der Waals surface area contributed by atoms with E-state index in [0.717, 1.165) is 30.6 Å². The fourth-order valence-electron chi connectivity index (χ4n) is 1.63. The van der Waals surface area contributed by atoms with Crippen LogP contribution in [0.5, 0.6) is 0 Å². The van der Waals surface area contributed by atoms with Gasteiger partial charge in [-0.05, 0) is 57.4 Å². The number of rotatable bonds is 5. The van der Waals surface area contributed by atoms with E-state index in [1.165, 1.54) is 12.1 Å². The Morgan fingerprint density at radius 3 is 2.71 bits per heavy atom. The Hall–Kier alpha value is -1.56. The minimum absolute atomic E-state index is 0.210. The van der Waals surface area contributed by atoms with Crippen LogP contribution < -0.4 is 5.32 Å². The van der Waals surface area contributed by atoms with E-state index in [-0.39, 0.29) is 11.2 Å². The van der Waals surface area contributed by atoms with Crippen LogP contribution in [0.25, 0.3) is 0 Å². The first kappa shape index (κ1) is 13.5. The van der Waals surface area contributed by atoms with Crippen molar-refractivity contribution in [1.82, 2.24) is 0 Å². The second-order valence-corrected chi connectivity index (χ2v) is 4.99. The second-order valence-electron chi connectivity index (χ2n) is 4.99. The lowest BCUT2D eigenvalue weighted by Gasteiger charge is -2.15. The van der Waals surface area contributed by atoms with Gasteiger partial charge in [-0.25, -0.2) is 4.39 Å². The van der Waals surface area contributed by atoms with E-state index in [1.807, 2.05) is 20.8 Å². The summed E-state index contributed by atoms with van der Waals surface area (Å²) in [7, 11) is 0. The Labute approximate surface area is 102 Å². The molecule has 0 saturated carbocycles. The van der Waals surface area contributed by atoms with E-state index < -0.39 is 0 Å². The third-order valence-electron chi connectivity index (χ3n) is 2.79. The van der Waals surface area contributed by atoms with Gasteiger partial charge in [0.2, 0.25) is 0 Å². The number of benzene rings is 1. The molecule has 0 unspecified atom stereocenters. The van der Waals surface area contributed by atoms with Gasteiger partial charge < -0.3 is 5.32 Å². The summed E-state index contributed by atoms with van der Waals surface area (Å²) in [5, 5.41) is 12.1. The summed E-state index contributed by atoms with van der Waals surface area (Å²) >= 11 is 0. The topological polar surface area (TPSA) is 35.8 Å². The maximum absolute atomic E-state index is 12.9. The Bertz CT molecular complexity index is 419. The SMILES string of the molecule is Cc1cc(F)ccc1NCCCC(C)(C)C#N. The van der Waals surface area contributed by atoms with Crippen molar-refractivity contribution in [2.75, 3.05) is 11.9 Å². The van der Waals surface area contributed by atoms with E-state index in [2.05, 4.69) is 11.4 Å². The molecule has 1 rings (SSSR count). The molecule has 1 aromatic rings. The molecule has 3 heteroatoms. The van der Waals surface area contributed by atoms with Crippen molar-refractivity contribution in [2.45, 2.75) is 33.6 Å². The fraction of sp³-hybridized carbons (Fsp3) is 0.500. The highest BCUT2D eigenvalue weighted by atomic mass is 19.1. The maximum Gasteiger partial charge on any atom is 0.123 e. The summed E-state index contributed by atoms with van der Waals surface area (Å²) in [6, 6.07) is 7.00. The van der Waals surface area contributed by atoms with Crippen LogP contribution in [0.4, 0.5) is 10.1 Å². The Morgan fingerprint density at radius 1 is 1.41 bits per heavy atom. The first-order valence-corrected chi connectivity index (χ1v) is 5.86. The smallest absolute Gasteiger partial charge is 0.123 e. The van der Waals surface area contributed by atoms with Crippen LogP contribution >= 0.6 is 0 Å². The average Bonchev–Trinajstić information content (AvgIpc) is 2.27. The Balaban J connectivity index is 2.39. The quantitative estimate of drug-likeness (QED) is 0.785. The monoisotopic (exact) mass is 234 g/mol. The van der Waals surface area contributed by atoms with Crippen molar-refractivity contribution in [1.29, 1.82) is 5.26 Å². The van der Waals surface area contributed by atoms with Gasteiger partial charge in [-0.2, -0.15) is 5.26 Å². The predicted molar refractivity (Wildman–Crippen MR) is 68.3 cm³/mol. The molecular formula is C14H19FN2. The first-order chi connectivity index (χ1) is 7.94. The molecule has 0 aromatic heterocycles. The van der Waals surface area contributed by atoms with Crippen molar-refractivity contribution in [3.63, 3.8) is 0 Å². The number of aryl methyl sites for hydroxylation is 1. The van der Waals surface area contributed by atoms with Crippen LogP contribution in [0.2, 0.25) is 0 Å². The number of hydrogen-bond donors (Lipinski definition) is 1. The lowest BCUT2D eigenvalue weighted by molar-refractivity contribution is 0.441. The number of nitrogens with one attached hydrogen (secondary N) is 1. The fourth-order valence-corrected chi connectivity index (χ4v) is 1.63. The molecule has 0 aliphatic rings. The molecule has 17 heavy (non-hydrogen) atoms. The van der Waals surface area contributed by atoms with Crippen LogP contribution in [0.15, 0.2) is 18.2 Å². The van der Waals surface area contributed by atoms with Gasteiger partial charge in [0.1, 0.15) is 5.82 Å². The zero-order valence-corrected chi connectivity index (χ0v) is 10.7. The van der Waals surface area contributed by atoms with Gasteiger partial charge in [-0.15, -0.1) is 0 Å². The van der Waals surface area contributed by atoms with Gasteiger partial charge >= 0.3 is 0 Å². The van der Waals surface area contributed by atoms with Crippen molar-refractivity contribution >= 4 is 5.69 Å². The summed E-state index contributed by atoms with van der Waals surface area (Å²) in [6.45, 7) is 6.56. The second kappa shape index (κ2) is 5.67. The molecule has 1 aromatic carbocycles. The van der Waals surface area contributed by atoms with Crippen LogP contribution in [-0.2, 0) is 0 Å². The summed E-state index contributed by atoms with van der Waals surface area (Å²) in [6.07, 6.45) is 1.79. The first-order valence-electron chi connectivity index (χ1n) is 5.86. The number of nitrogens with zero attached hydrogens (tertiary/aromatic N) is 1. The van der Waals surface area contributed by atoms with Crippen molar-refractivity contribution in [2.24, 2.45) is 5.41 Å². The number of halogens is 1. The van der Waals surface area contributed by atoms with Gasteiger partial charge in [0.15, 0.2) is 0 Å². The summed E-state index contributed by atoms with van der Waals surface area (Å²) in [5.74, 6) is -0.210. The summed E-state index contributed by atoms with van der Waals surface area (Å²) < 4.78 is 12.9. The van der Waals surface area contributed by atoms with E-state index in [0.29, 0.717) is 0 Å². The van der Waals surface area contributed by atoms with E-state index in [1.54, 1.807) is 6.07 Å². The summed E-state index contributed by atoms with van der Waals surface area (Å²) in [5.41, 5.74) is 1.60. The third kappa shape index (κ3) is 4.44. The van der Waals surface area contributed by atoms with E-state index in [9.17, 15) is 4.39 Å². The Morgan fingerprint density at radius 2 is 2.12 bits per heavy atom. The largest absolute Gasteiger partial charge is 0.385 e. The van der Waals surface area contributed by atoms with E-state index in [4.69, 9.17) is 5.26 Å². The lowest BCUT2D eigenvalue weighted by atomic mass is 9.90. The molecule has 0 amide bonds. The molecule has 0 spiro atoms. The van der Waals surface area contributed by atoms with Crippen molar-refractivity contribution < 1.29 is 4.39 Å². The van der Waals surface area contributed by atoms with Crippen molar-refractivity contribution in [3.8, 4) is 6.07 Å². The third-order valence-corrected chi connectivity index (χ3v) is 2.79. The average molecular weight is 234 g/mol. The molecule has 0 heterocycles. The molecule has 2 nitrogen and oxygen atoms in total. The lowest BCUT2D eigenvalue weighted by Crippen LogP contribution is -2.11. The molecule has 0 saturated heterocycles. The van der Waals surface area contributed by atoms with Gasteiger partial charge in [0, 0.05) is 12.2 Å². The standard InChI is InChI=1S/C14H19FN2/c1-11-9-12(15)5-6-13(11)17-8-4-7-14(2,3)10-16/h5-6,9,17H,4,7-8H2,1-3H3. The van der Waals surface area contributed by atoms with Crippen LogP contribution in [0, 0.1) is 29.5 Å². The molecule has 0 aliphatic carbocycles. The maximum atomic E-state index is 12.9. The highest BCUT2D eigenvalue weighted by Gasteiger charge is 2.15. The van der Waals surface area contributed by atoms with Crippen LogP contribution in [-0.4, -0.2) is 6.54 Å². The van der Waals surface area contributed by atoms with E-state index >= 15 is 0 Å². The summed E-state index contributed by atoms with van der Waals surface area (Å²) in [4.78, 5) is 0. The zero-order valence-electron chi connectivity index (χ0n) is 10.7. The van der Waals surface area contributed by atoms with Crippen molar-refractivity contribution in [3.05, 3.63) is 29.6 Å². The van der Waals surface area contributed by atoms with Gasteiger partial charge in [0.05, 0.1) is 11.5 Å². The molecule has 0 atom stereocenters. The molecular weight excluding hydrogens is 215 g/mol. The van der Waals surface area contributed by atoms with Crippen LogP contribution in [0.1, 0.15) is 32.3 Å². The molecule has 0 radical (unpaired) electrons. The molecule has 0 aliphatic heterocycles. The number of anilines is 1. The minimum atomic E-state index is -0.264. The zero-order chi connectivity index (χ0) is 12.9. The van der Waals surface area contributed by atoms with Gasteiger partial charge in [-0.3, -0.25) is 0 Å². The number of hydrogen-bond acceptors (Lipinski definition) is 2. The van der Waals surface area contributed by atoms with Crippen LogP contribution in [0.3, 0.4) is 0 Å². The molecule has 92 valence electrons. The molecule has 1 N–H and O–H groups in total. The van der Waals surface area contributed by atoms with Gasteiger partial charge in [-0.1, -0.05) is 0 Å². The highest BCUT2D eigenvalue weighted by molar-refractivity contribution is 5.50. The minimum Gasteiger partial charge on any atom is -0.385 e. The predicted octanol–water partition coefficient (Wildman–Crippen LogP) is 3.88. The molecule has 0 fully saturated rings. The van der Waals surface area contributed by atoms with Gasteiger partial charge in [0.25, 0.3) is 0 Å².